The molecule has 2 heterocycles. The third-order valence-electron chi connectivity index (χ3n) is 7.97. The molecule has 224 valence electrons. The molecule has 2 aliphatic heterocycles. The van der Waals surface area contributed by atoms with Crippen molar-refractivity contribution in [1.29, 1.82) is 0 Å². The minimum atomic E-state index is -0.633. The third-order valence-corrected chi connectivity index (χ3v) is 8.56. The molecule has 0 bridgehead atoms. The molecule has 2 N–H and O–H groups in total. The summed E-state index contributed by atoms with van der Waals surface area (Å²) in [7, 11) is 1.92. The quantitative estimate of drug-likeness (QED) is 0.336. The molecule has 10 heteroatoms. The van der Waals surface area contributed by atoms with Crippen LogP contribution in [0.1, 0.15) is 50.3 Å². The maximum atomic E-state index is 15.4. The molecular formula is C31H42Cl2FN5O2. The van der Waals surface area contributed by atoms with Crippen LogP contribution in [0.4, 0.5) is 10.1 Å². The number of anilines is 1. The second-order valence-corrected chi connectivity index (χ2v) is 12.2. The number of carbonyl (C=O) groups is 2. The smallest absolute Gasteiger partial charge is 0.245 e. The first-order valence-electron chi connectivity index (χ1n) is 14.6. The molecule has 0 spiro atoms. The van der Waals surface area contributed by atoms with E-state index in [1.807, 2.05) is 24.1 Å². The molecule has 2 aliphatic rings. The summed E-state index contributed by atoms with van der Waals surface area (Å²) in [6, 6.07) is 9.93. The van der Waals surface area contributed by atoms with Crippen LogP contribution in [-0.4, -0.2) is 80.5 Å². The minimum Gasteiger partial charge on any atom is -0.365 e. The van der Waals surface area contributed by atoms with E-state index in [2.05, 4.69) is 29.4 Å². The number of benzene rings is 2. The molecule has 2 aromatic carbocycles. The zero-order valence-corrected chi connectivity index (χ0v) is 25.8. The second-order valence-electron chi connectivity index (χ2n) is 11.4. The van der Waals surface area contributed by atoms with Crippen LogP contribution >= 0.6 is 23.2 Å². The highest BCUT2D eigenvalue weighted by Gasteiger charge is 2.37. The van der Waals surface area contributed by atoms with Crippen molar-refractivity contribution < 1.29 is 14.0 Å². The molecule has 7 nitrogen and oxygen atoms in total. The molecule has 0 aliphatic carbocycles. The summed E-state index contributed by atoms with van der Waals surface area (Å²) < 4.78 is 15.4. The molecule has 41 heavy (non-hydrogen) atoms. The highest BCUT2D eigenvalue weighted by atomic mass is 35.5. The first-order valence-corrected chi connectivity index (χ1v) is 15.4. The Morgan fingerprint density at radius 1 is 1.05 bits per heavy atom. The van der Waals surface area contributed by atoms with Gasteiger partial charge >= 0.3 is 0 Å². The molecule has 2 saturated heterocycles. The van der Waals surface area contributed by atoms with Crippen molar-refractivity contribution in [2.24, 2.45) is 5.92 Å². The summed E-state index contributed by atoms with van der Waals surface area (Å²) >= 11 is 12.5. The number of likely N-dealkylation sites (N-methyl/N-ethyl adjacent to an activating group) is 1. The van der Waals surface area contributed by atoms with Gasteiger partial charge in [0.15, 0.2) is 0 Å². The number of para-hydroxylation sites is 1. The fourth-order valence-electron chi connectivity index (χ4n) is 5.90. The maximum absolute atomic E-state index is 15.4. The maximum Gasteiger partial charge on any atom is 0.245 e. The number of nitrogens with one attached hydrogen (secondary N) is 2. The SMILES string of the molecule is CNCCNC(CC(C)C)c1cccc(F)c1N1CCN(C(=O)C(Cc2ccc(Cl)cc2Cl)N2CCCC2=O)CC1. The lowest BCUT2D eigenvalue weighted by atomic mass is 9.94. The van der Waals surface area contributed by atoms with Gasteiger partial charge in [0.25, 0.3) is 0 Å². The second kappa shape index (κ2) is 14.7. The summed E-state index contributed by atoms with van der Waals surface area (Å²) in [5.74, 6) is 0.0903. The number of likely N-dealkylation sites (tertiary alicyclic amines) is 1. The lowest BCUT2D eigenvalue weighted by Crippen LogP contribution is -2.56. The molecule has 2 atom stereocenters. The van der Waals surface area contributed by atoms with Crippen LogP contribution in [0.2, 0.25) is 10.0 Å². The Balaban J connectivity index is 1.51. The third kappa shape index (κ3) is 7.92. The molecule has 4 rings (SSSR count). The Bertz CT molecular complexity index is 1210. The standard InChI is InChI=1S/C31H42Cl2FN5O2/c1-21(2)18-27(36-12-11-35-3)24-6-4-7-26(34)30(24)37-14-16-38(17-15-37)31(41)28(39-13-5-8-29(39)40)19-22-9-10-23(32)20-25(22)33/h4,6-7,9-10,20-21,27-28,35-36H,5,8,11-19H2,1-3H3. The monoisotopic (exact) mass is 605 g/mol. The number of carbonyl (C=O) groups excluding carboxylic acids is 2. The number of hydrogen-bond acceptors (Lipinski definition) is 5. The number of hydrogen-bond donors (Lipinski definition) is 2. The average Bonchev–Trinajstić information content (AvgIpc) is 3.37. The normalized spacial score (nSPS) is 17.4. The number of piperazine rings is 1. The van der Waals surface area contributed by atoms with Crippen LogP contribution in [0.3, 0.4) is 0 Å². The fraction of sp³-hybridized carbons (Fsp3) is 0.548. The van der Waals surface area contributed by atoms with E-state index in [4.69, 9.17) is 23.2 Å². The summed E-state index contributed by atoms with van der Waals surface area (Å²) in [5.41, 5.74) is 2.35. The molecule has 2 unspecified atom stereocenters. The van der Waals surface area contributed by atoms with Crippen molar-refractivity contribution in [3.8, 4) is 0 Å². The van der Waals surface area contributed by atoms with Crippen molar-refractivity contribution >= 4 is 40.7 Å². The van der Waals surface area contributed by atoms with Gasteiger partial charge in [0, 0.05) is 74.7 Å². The van der Waals surface area contributed by atoms with Gasteiger partial charge in [0.2, 0.25) is 11.8 Å². The molecule has 0 aromatic heterocycles. The average molecular weight is 607 g/mol. The molecular weight excluding hydrogens is 564 g/mol. The van der Waals surface area contributed by atoms with Crippen molar-refractivity contribution in [1.82, 2.24) is 20.4 Å². The van der Waals surface area contributed by atoms with Gasteiger partial charge in [-0.15, -0.1) is 0 Å². The predicted octanol–water partition coefficient (Wildman–Crippen LogP) is 4.91. The van der Waals surface area contributed by atoms with Crippen molar-refractivity contribution in [2.45, 2.75) is 51.6 Å². The highest BCUT2D eigenvalue weighted by Crippen LogP contribution is 2.34. The first-order chi connectivity index (χ1) is 19.7. The van der Waals surface area contributed by atoms with Crippen molar-refractivity contribution in [3.63, 3.8) is 0 Å². The Labute approximate surface area is 253 Å². The van der Waals surface area contributed by atoms with Gasteiger partial charge in [0.1, 0.15) is 11.9 Å². The summed E-state index contributed by atoms with van der Waals surface area (Å²) in [6.45, 7) is 8.41. The first kappa shape index (κ1) is 31.5. The Hall–Kier alpha value is -2.39. The van der Waals surface area contributed by atoms with E-state index in [-0.39, 0.29) is 23.7 Å². The van der Waals surface area contributed by atoms with E-state index in [9.17, 15) is 9.59 Å². The number of halogens is 3. The highest BCUT2D eigenvalue weighted by molar-refractivity contribution is 6.35. The number of nitrogens with zero attached hydrogens (tertiary/aromatic N) is 3. The number of rotatable bonds is 12. The zero-order valence-electron chi connectivity index (χ0n) is 24.3. The summed E-state index contributed by atoms with van der Waals surface area (Å²) in [5, 5.41) is 7.78. The van der Waals surface area contributed by atoms with E-state index < -0.39 is 6.04 Å². The van der Waals surface area contributed by atoms with Gasteiger partial charge < -0.3 is 25.3 Å². The van der Waals surface area contributed by atoms with Gasteiger partial charge in [-0.2, -0.15) is 0 Å². The summed E-state index contributed by atoms with van der Waals surface area (Å²) in [4.78, 5) is 32.2. The fourth-order valence-corrected chi connectivity index (χ4v) is 6.38. The molecule has 2 amide bonds. The van der Waals surface area contributed by atoms with Crippen LogP contribution in [0.5, 0.6) is 0 Å². The van der Waals surface area contributed by atoms with Gasteiger partial charge in [-0.25, -0.2) is 4.39 Å². The Morgan fingerprint density at radius 2 is 1.80 bits per heavy atom. The molecule has 0 saturated carbocycles. The van der Waals surface area contributed by atoms with Crippen LogP contribution in [0.25, 0.3) is 0 Å². The van der Waals surface area contributed by atoms with Gasteiger partial charge in [-0.05, 0) is 55.1 Å². The molecule has 2 aromatic rings. The van der Waals surface area contributed by atoms with E-state index in [0.717, 1.165) is 37.1 Å². The zero-order chi connectivity index (χ0) is 29.5. The molecule has 0 radical (unpaired) electrons. The van der Waals surface area contributed by atoms with Gasteiger partial charge in [-0.1, -0.05) is 55.2 Å². The number of amides is 2. The van der Waals surface area contributed by atoms with Crippen LogP contribution < -0.4 is 15.5 Å². The van der Waals surface area contributed by atoms with Crippen molar-refractivity contribution in [2.75, 3.05) is 57.8 Å². The van der Waals surface area contributed by atoms with E-state index in [1.54, 1.807) is 23.1 Å². The van der Waals surface area contributed by atoms with Gasteiger partial charge in [0.05, 0.1) is 5.69 Å². The lowest BCUT2D eigenvalue weighted by molar-refractivity contribution is -0.143. The van der Waals surface area contributed by atoms with E-state index >= 15 is 4.39 Å². The summed E-state index contributed by atoms with van der Waals surface area (Å²) in [6.07, 6.45) is 2.40. The Morgan fingerprint density at radius 3 is 2.44 bits per heavy atom. The minimum absolute atomic E-state index is 0.00922. The topological polar surface area (TPSA) is 67.9 Å². The van der Waals surface area contributed by atoms with E-state index in [1.165, 1.54) is 6.07 Å². The molecule has 2 fully saturated rings. The lowest BCUT2D eigenvalue weighted by Gasteiger charge is -2.40. The van der Waals surface area contributed by atoms with E-state index in [0.29, 0.717) is 67.2 Å². The predicted molar refractivity (Wildman–Crippen MR) is 164 cm³/mol. The van der Waals surface area contributed by atoms with Gasteiger partial charge in [-0.3, -0.25) is 9.59 Å². The Kier molecular flexibility index (Phi) is 11.3. The van der Waals surface area contributed by atoms with Crippen LogP contribution in [0, 0.1) is 11.7 Å². The largest absolute Gasteiger partial charge is 0.365 e. The van der Waals surface area contributed by atoms with Crippen molar-refractivity contribution in [3.05, 3.63) is 63.4 Å². The van der Waals surface area contributed by atoms with Crippen LogP contribution in [-0.2, 0) is 16.0 Å². The van der Waals surface area contributed by atoms with Crippen LogP contribution in [0.15, 0.2) is 36.4 Å².